The van der Waals surface area contributed by atoms with Gasteiger partial charge in [0.25, 0.3) is 5.91 Å². The molecule has 4 aromatic carbocycles. The average Bonchev–Trinajstić information content (AvgIpc) is 2.95. The van der Waals surface area contributed by atoms with E-state index in [9.17, 15) is 4.79 Å². The van der Waals surface area contributed by atoms with Gasteiger partial charge in [-0.1, -0.05) is 78.9 Å². The van der Waals surface area contributed by atoms with E-state index < -0.39 is 0 Å². The van der Waals surface area contributed by atoms with E-state index in [0.29, 0.717) is 6.61 Å². The molecule has 0 unspecified atom stereocenters. The van der Waals surface area contributed by atoms with Crippen molar-refractivity contribution in [3.63, 3.8) is 0 Å². The molecule has 0 radical (unpaired) electrons. The number of hydrogen-bond donors (Lipinski definition) is 0. The van der Waals surface area contributed by atoms with Gasteiger partial charge in [-0.2, -0.15) is 0 Å². The molecule has 1 fully saturated rings. The summed E-state index contributed by atoms with van der Waals surface area (Å²) in [6, 6.07) is 36.8. The molecule has 4 nitrogen and oxygen atoms in total. The first-order valence-corrected chi connectivity index (χ1v) is 13.1. The van der Waals surface area contributed by atoms with Crippen molar-refractivity contribution in [3.05, 3.63) is 131 Å². The highest BCUT2D eigenvalue weighted by Gasteiger charge is 2.30. The Kier molecular flexibility index (Phi) is 7.97. The third-order valence-corrected chi connectivity index (χ3v) is 7.13. The standard InChI is InChI=1S/C33H34N2O2/c1-26-10-8-9-15-32(26)33(36)35(30-20-22-34(23-21-30)24-27-11-4-2-5-12-27)29-16-18-31(19-17-29)37-25-28-13-6-3-7-14-28/h2-19,30H,20-25H2,1H3. The van der Waals surface area contributed by atoms with Gasteiger partial charge < -0.3 is 9.64 Å². The lowest BCUT2D eigenvalue weighted by Gasteiger charge is -2.39. The van der Waals surface area contributed by atoms with Crippen LogP contribution in [0.4, 0.5) is 5.69 Å². The number of amides is 1. The molecule has 188 valence electrons. The normalized spacial score (nSPS) is 14.3. The number of benzene rings is 4. The summed E-state index contributed by atoms with van der Waals surface area (Å²) < 4.78 is 6.00. The number of anilines is 1. The second-order valence-corrected chi connectivity index (χ2v) is 9.75. The summed E-state index contributed by atoms with van der Waals surface area (Å²) in [6.45, 7) is 5.41. The predicted octanol–water partition coefficient (Wildman–Crippen LogP) is 6.89. The summed E-state index contributed by atoms with van der Waals surface area (Å²) >= 11 is 0. The largest absolute Gasteiger partial charge is 0.489 e. The van der Waals surface area contributed by atoms with Crippen LogP contribution in [-0.4, -0.2) is 29.9 Å². The van der Waals surface area contributed by atoms with Crippen molar-refractivity contribution < 1.29 is 9.53 Å². The Morgan fingerprint density at radius 2 is 1.38 bits per heavy atom. The fraction of sp³-hybridized carbons (Fsp3) is 0.242. The molecule has 0 aliphatic carbocycles. The molecule has 0 saturated carbocycles. The molecule has 37 heavy (non-hydrogen) atoms. The number of ether oxygens (including phenoxy) is 1. The van der Waals surface area contributed by atoms with Crippen LogP contribution in [0.15, 0.2) is 109 Å². The Bertz CT molecular complexity index is 1280. The van der Waals surface area contributed by atoms with Gasteiger partial charge in [0, 0.05) is 36.9 Å². The Hall–Kier alpha value is -3.89. The summed E-state index contributed by atoms with van der Waals surface area (Å²) in [5.41, 5.74) is 5.15. The summed E-state index contributed by atoms with van der Waals surface area (Å²) in [6.07, 6.45) is 1.88. The van der Waals surface area contributed by atoms with E-state index in [4.69, 9.17) is 4.74 Å². The number of aryl methyl sites for hydroxylation is 1. The SMILES string of the molecule is Cc1ccccc1C(=O)N(c1ccc(OCc2ccccc2)cc1)C1CCN(Cc2ccccc2)CC1. The zero-order valence-corrected chi connectivity index (χ0v) is 21.4. The fourth-order valence-electron chi connectivity index (χ4n) is 5.06. The van der Waals surface area contributed by atoms with Gasteiger partial charge >= 0.3 is 0 Å². The van der Waals surface area contributed by atoms with E-state index in [1.807, 2.05) is 78.6 Å². The number of piperidine rings is 1. The first-order chi connectivity index (χ1) is 18.2. The molecule has 0 bridgehead atoms. The molecule has 1 aliphatic rings. The molecule has 0 aromatic heterocycles. The molecule has 1 heterocycles. The Labute approximate surface area is 220 Å². The van der Waals surface area contributed by atoms with Crippen LogP contribution in [-0.2, 0) is 13.2 Å². The quantitative estimate of drug-likeness (QED) is 0.270. The number of nitrogens with zero attached hydrogens (tertiary/aromatic N) is 2. The van der Waals surface area contributed by atoms with E-state index in [-0.39, 0.29) is 11.9 Å². The summed E-state index contributed by atoms with van der Waals surface area (Å²) in [5.74, 6) is 0.867. The number of rotatable bonds is 8. The van der Waals surface area contributed by atoms with E-state index in [1.165, 1.54) is 5.56 Å². The lowest BCUT2D eigenvalue weighted by Crippen LogP contribution is -2.47. The highest BCUT2D eigenvalue weighted by atomic mass is 16.5. The third-order valence-electron chi connectivity index (χ3n) is 7.13. The van der Waals surface area contributed by atoms with Crippen molar-refractivity contribution in [2.24, 2.45) is 0 Å². The predicted molar refractivity (Wildman–Crippen MR) is 150 cm³/mol. The van der Waals surface area contributed by atoms with Crippen molar-refractivity contribution >= 4 is 11.6 Å². The van der Waals surface area contributed by atoms with Gasteiger partial charge in [0.15, 0.2) is 0 Å². The van der Waals surface area contributed by atoms with Crippen LogP contribution in [0.3, 0.4) is 0 Å². The summed E-state index contributed by atoms with van der Waals surface area (Å²) in [5, 5.41) is 0. The summed E-state index contributed by atoms with van der Waals surface area (Å²) in [4.78, 5) is 18.4. The Morgan fingerprint density at radius 1 is 0.784 bits per heavy atom. The smallest absolute Gasteiger partial charge is 0.258 e. The van der Waals surface area contributed by atoms with Gasteiger partial charge in [-0.25, -0.2) is 0 Å². The van der Waals surface area contributed by atoms with Gasteiger partial charge in [-0.15, -0.1) is 0 Å². The maximum atomic E-state index is 13.9. The van der Waals surface area contributed by atoms with Crippen LogP contribution >= 0.6 is 0 Å². The average molecular weight is 491 g/mol. The third kappa shape index (κ3) is 6.28. The molecular formula is C33H34N2O2. The summed E-state index contributed by atoms with van der Waals surface area (Å²) in [7, 11) is 0. The maximum absolute atomic E-state index is 13.9. The second kappa shape index (κ2) is 11.9. The molecule has 0 atom stereocenters. The van der Waals surface area contributed by atoms with E-state index in [0.717, 1.165) is 60.6 Å². The van der Waals surface area contributed by atoms with Crippen molar-refractivity contribution in [2.75, 3.05) is 18.0 Å². The molecule has 4 aromatic rings. The molecule has 1 amide bonds. The number of hydrogen-bond acceptors (Lipinski definition) is 3. The minimum atomic E-state index is 0.0672. The molecule has 0 spiro atoms. The van der Waals surface area contributed by atoms with Crippen LogP contribution in [0.1, 0.15) is 39.9 Å². The minimum absolute atomic E-state index is 0.0672. The molecule has 1 aliphatic heterocycles. The molecule has 1 saturated heterocycles. The van der Waals surface area contributed by atoms with Crippen LogP contribution in [0.25, 0.3) is 0 Å². The Balaban J connectivity index is 1.32. The van der Waals surface area contributed by atoms with Crippen LogP contribution in [0, 0.1) is 6.92 Å². The van der Waals surface area contributed by atoms with Gasteiger partial charge in [-0.05, 0) is 66.8 Å². The first kappa shape index (κ1) is 24.8. The van der Waals surface area contributed by atoms with Crippen molar-refractivity contribution in [2.45, 2.75) is 39.0 Å². The van der Waals surface area contributed by atoms with Crippen molar-refractivity contribution in [1.82, 2.24) is 4.90 Å². The highest BCUT2D eigenvalue weighted by Crippen LogP contribution is 2.29. The topological polar surface area (TPSA) is 32.8 Å². The van der Waals surface area contributed by atoms with Crippen LogP contribution < -0.4 is 9.64 Å². The second-order valence-electron chi connectivity index (χ2n) is 9.75. The highest BCUT2D eigenvalue weighted by molar-refractivity contribution is 6.07. The van der Waals surface area contributed by atoms with Gasteiger partial charge in [-0.3, -0.25) is 9.69 Å². The number of carbonyl (C=O) groups is 1. The first-order valence-electron chi connectivity index (χ1n) is 13.1. The van der Waals surface area contributed by atoms with E-state index in [2.05, 4.69) is 47.4 Å². The van der Waals surface area contributed by atoms with E-state index >= 15 is 0 Å². The van der Waals surface area contributed by atoms with Gasteiger partial charge in [0.05, 0.1) is 0 Å². The van der Waals surface area contributed by atoms with Crippen LogP contribution in [0.5, 0.6) is 5.75 Å². The lowest BCUT2D eigenvalue weighted by atomic mass is 9.99. The van der Waals surface area contributed by atoms with Crippen molar-refractivity contribution in [1.29, 1.82) is 0 Å². The molecule has 0 N–H and O–H groups in total. The van der Waals surface area contributed by atoms with Crippen molar-refractivity contribution in [3.8, 4) is 5.75 Å². The van der Waals surface area contributed by atoms with Gasteiger partial charge in [0.2, 0.25) is 0 Å². The maximum Gasteiger partial charge on any atom is 0.258 e. The molecule has 4 heteroatoms. The zero-order chi connectivity index (χ0) is 25.5. The minimum Gasteiger partial charge on any atom is -0.489 e. The number of likely N-dealkylation sites (tertiary alicyclic amines) is 1. The monoisotopic (exact) mass is 490 g/mol. The number of carbonyl (C=O) groups excluding carboxylic acids is 1. The van der Waals surface area contributed by atoms with Crippen LogP contribution in [0.2, 0.25) is 0 Å². The fourth-order valence-corrected chi connectivity index (χ4v) is 5.06. The zero-order valence-electron chi connectivity index (χ0n) is 21.4. The molecule has 5 rings (SSSR count). The molecular weight excluding hydrogens is 456 g/mol. The Morgan fingerprint density at radius 3 is 2.03 bits per heavy atom. The lowest BCUT2D eigenvalue weighted by molar-refractivity contribution is 0.0958. The van der Waals surface area contributed by atoms with E-state index in [1.54, 1.807) is 0 Å². The van der Waals surface area contributed by atoms with Gasteiger partial charge in [0.1, 0.15) is 12.4 Å².